The minimum absolute atomic E-state index is 0.0259. The smallest absolute Gasteiger partial charge is 0.323 e. The van der Waals surface area contributed by atoms with E-state index in [1.165, 1.54) is 23.8 Å². The van der Waals surface area contributed by atoms with Gasteiger partial charge in [-0.25, -0.2) is 9.78 Å². The summed E-state index contributed by atoms with van der Waals surface area (Å²) in [6.07, 6.45) is 1.99. The quantitative estimate of drug-likeness (QED) is 0.659. The van der Waals surface area contributed by atoms with E-state index in [9.17, 15) is 14.4 Å². The van der Waals surface area contributed by atoms with E-state index >= 15 is 0 Å². The lowest BCUT2D eigenvalue weighted by Gasteiger charge is -2.33. The number of rotatable bonds is 7. The number of hydrogen-bond donors (Lipinski definition) is 2. The fraction of sp³-hybridized carbons (Fsp3) is 0.429. The maximum absolute atomic E-state index is 12.4. The molecule has 1 aromatic carbocycles. The van der Waals surface area contributed by atoms with Crippen LogP contribution in [-0.4, -0.2) is 65.4 Å². The number of aromatic nitrogens is 1. The molecule has 0 bridgehead atoms. The number of aryl methyl sites for hydroxylation is 1. The van der Waals surface area contributed by atoms with Gasteiger partial charge in [0.1, 0.15) is 0 Å². The van der Waals surface area contributed by atoms with Crippen molar-refractivity contribution in [3.05, 3.63) is 47.0 Å². The molecule has 2 heterocycles. The molecule has 0 saturated carbocycles. The van der Waals surface area contributed by atoms with Crippen molar-refractivity contribution in [2.24, 2.45) is 0 Å². The van der Waals surface area contributed by atoms with Gasteiger partial charge in [0.15, 0.2) is 5.13 Å². The molecule has 2 aromatic rings. The van der Waals surface area contributed by atoms with Crippen molar-refractivity contribution in [1.82, 2.24) is 20.1 Å². The SMILES string of the molecule is CC(=O)N1CCN(C(=O)Nc2nc(CC(=O)NCCCc3ccccc3)cs2)CC1. The number of anilines is 1. The van der Waals surface area contributed by atoms with Crippen LogP contribution in [0.1, 0.15) is 24.6 Å². The second-order valence-corrected chi connectivity index (χ2v) is 8.04. The number of nitrogens with one attached hydrogen (secondary N) is 2. The zero-order valence-corrected chi connectivity index (χ0v) is 17.9. The number of benzene rings is 1. The van der Waals surface area contributed by atoms with Gasteiger partial charge >= 0.3 is 6.03 Å². The Morgan fingerprint density at radius 1 is 1.07 bits per heavy atom. The average molecular weight is 430 g/mol. The summed E-state index contributed by atoms with van der Waals surface area (Å²) in [6.45, 7) is 4.22. The Kier molecular flexibility index (Phi) is 7.78. The topological polar surface area (TPSA) is 94.6 Å². The Labute approximate surface area is 180 Å². The van der Waals surface area contributed by atoms with E-state index in [1.54, 1.807) is 15.2 Å². The second-order valence-electron chi connectivity index (χ2n) is 7.18. The van der Waals surface area contributed by atoms with Crippen LogP contribution in [-0.2, 0) is 22.4 Å². The van der Waals surface area contributed by atoms with E-state index < -0.39 is 0 Å². The van der Waals surface area contributed by atoms with Gasteiger partial charge in [0.05, 0.1) is 12.1 Å². The molecular weight excluding hydrogens is 402 g/mol. The molecule has 1 fully saturated rings. The van der Waals surface area contributed by atoms with Gasteiger partial charge in [-0.15, -0.1) is 11.3 Å². The van der Waals surface area contributed by atoms with Gasteiger partial charge in [-0.1, -0.05) is 30.3 Å². The molecule has 8 nitrogen and oxygen atoms in total. The lowest BCUT2D eigenvalue weighted by Crippen LogP contribution is -2.51. The number of hydrogen-bond acceptors (Lipinski definition) is 5. The van der Waals surface area contributed by atoms with Crippen molar-refractivity contribution >= 4 is 34.3 Å². The van der Waals surface area contributed by atoms with Crippen molar-refractivity contribution in [2.45, 2.75) is 26.2 Å². The van der Waals surface area contributed by atoms with Crippen molar-refractivity contribution in [2.75, 3.05) is 38.0 Å². The predicted molar refractivity (Wildman–Crippen MR) is 116 cm³/mol. The van der Waals surface area contributed by atoms with Gasteiger partial charge in [-0.2, -0.15) is 0 Å². The van der Waals surface area contributed by atoms with Crippen LogP contribution in [0.5, 0.6) is 0 Å². The molecule has 1 aliphatic heterocycles. The van der Waals surface area contributed by atoms with Crippen LogP contribution >= 0.6 is 11.3 Å². The maximum Gasteiger partial charge on any atom is 0.323 e. The lowest BCUT2D eigenvalue weighted by molar-refractivity contribution is -0.130. The minimum atomic E-state index is -0.232. The van der Waals surface area contributed by atoms with E-state index in [0.29, 0.717) is 43.5 Å². The summed E-state index contributed by atoms with van der Waals surface area (Å²) < 4.78 is 0. The Morgan fingerprint density at radius 3 is 2.47 bits per heavy atom. The zero-order chi connectivity index (χ0) is 21.3. The highest BCUT2D eigenvalue weighted by Crippen LogP contribution is 2.17. The zero-order valence-electron chi connectivity index (χ0n) is 17.1. The Morgan fingerprint density at radius 2 is 1.77 bits per heavy atom. The van der Waals surface area contributed by atoms with Gasteiger partial charge in [-0.3, -0.25) is 14.9 Å². The highest BCUT2D eigenvalue weighted by molar-refractivity contribution is 7.13. The van der Waals surface area contributed by atoms with E-state index in [0.717, 1.165) is 12.8 Å². The molecular formula is C21H27N5O3S. The molecule has 160 valence electrons. The third-order valence-corrected chi connectivity index (χ3v) is 5.73. The fourth-order valence-electron chi connectivity index (χ4n) is 3.23. The van der Waals surface area contributed by atoms with Crippen molar-refractivity contribution in [3.63, 3.8) is 0 Å². The third kappa shape index (κ3) is 6.55. The summed E-state index contributed by atoms with van der Waals surface area (Å²) in [7, 11) is 0. The van der Waals surface area contributed by atoms with Gasteiger partial charge in [0.2, 0.25) is 11.8 Å². The summed E-state index contributed by atoms with van der Waals surface area (Å²) in [6, 6.07) is 9.94. The first-order valence-electron chi connectivity index (χ1n) is 10.1. The summed E-state index contributed by atoms with van der Waals surface area (Å²) in [5, 5.41) is 7.95. The molecule has 1 saturated heterocycles. The minimum Gasteiger partial charge on any atom is -0.356 e. The maximum atomic E-state index is 12.4. The van der Waals surface area contributed by atoms with Crippen LogP contribution in [0.15, 0.2) is 35.7 Å². The van der Waals surface area contributed by atoms with Crippen LogP contribution < -0.4 is 10.6 Å². The number of piperazine rings is 1. The first-order valence-corrected chi connectivity index (χ1v) is 11.0. The first kappa shape index (κ1) is 21.8. The third-order valence-electron chi connectivity index (χ3n) is 4.93. The molecule has 4 amide bonds. The molecule has 0 spiro atoms. The number of urea groups is 1. The van der Waals surface area contributed by atoms with Crippen LogP contribution in [0.3, 0.4) is 0 Å². The van der Waals surface area contributed by atoms with Gasteiger partial charge < -0.3 is 15.1 Å². The summed E-state index contributed by atoms with van der Waals surface area (Å²) in [5.74, 6) is -0.0513. The molecule has 1 aliphatic rings. The van der Waals surface area contributed by atoms with E-state index in [-0.39, 0.29) is 24.3 Å². The highest BCUT2D eigenvalue weighted by Gasteiger charge is 2.23. The second kappa shape index (κ2) is 10.7. The summed E-state index contributed by atoms with van der Waals surface area (Å²) in [4.78, 5) is 43.6. The normalized spacial score (nSPS) is 13.8. The van der Waals surface area contributed by atoms with E-state index in [4.69, 9.17) is 0 Å². The highest BCUT2D eigenvalue weighted by atomic mass is 32.1. The Bertz CT molecular complexity index is 863. The first-order chi connectivity index (χ1) is 14.5. The Hall–Kier alpha value is -2.94. The number of thiazole rings is 1. The molecule has 30 heavy (non-hydrogen) atoms. The predicted octanol–water partition coefficient (Wildman–Crippen LogP) is 2.13. The molecule has 2 N–H and O–H groups in total. The number of nitrogens with zero attached hydrogens (tertiary/aromatic N) is 3. The molecule has 3 rings (SSSR count). The molecule has 1 aromatic heterocycles. The molecule has 0 aliphatic carbocycles. The molecule has 9 heteroatoms. The molecule has 0 unspecified atom stereocenters. The van der Waals surface area contributed by atoms with Crippen LogP contribution in [0.2, 0.25) is 0 Å². The van der Waals surface area contributed by atoms with Crippen LogP contribution in [0, 0.1) is 0 Å². The lowest BCUT2D eigenvalue weighted by atomic mass is 10.1. The standard InChI is InChI=1S/C21H27N5O3S/c1-16(27)25-10-12-26(13-11-25)21(29)24-20-23-18(15-30-20)14-19(28)22-9-5-8-17-6-3-2-4-7-17/h2-4,6-7,15H,5,8-14H2,1H3,(H,22,28)(H,23,24,29). The van der Waals surface area contributed by atoms with Gasteiger partial charge in [-0.05, 0) is 18.4 Å². The van der Waals surface area contributed by atoms with Gasteiger partial charge in [0.25, 0.3) is 0 Å². The number of carbonyl (C=O) groups excluding carboxylic acids is 3. The van der Waals surface area contributed by atoms with Crippen molar-refractivity contribution in [1.29, 1.82) is 0 Å². The Balaban J connectivity index is 1.36. The molecule has 0 radical (unpaired) electrons. The van der Waals surface area contributed by atoms with Crippen molar-refractivity contribution < 1.29 is 14.4 Å². The molecule has 0 atom stereocenters. The van der Waals surface area contributed by atoms with Crippen LogP contribution in [0.25, 0.3) is 0 Å². The average Bonchev–Trinajstić information content (AvgIpc) is 3.18. The van der Waals surface area contributed by atoms with Gasteiger partial charge in [0, 0.05) is 45.0 Å². The number of amides is 4. The fourth-order valence-corrected chi connectivity index (χ4v) is 3.93. The van der Waals surface area contributed by atoms with E-state index in [2.05, 4.69) is 27.8 Å². The summed E-state index contributed by atoms with van der Waals surface area (Å²) in [5.41, 5.74) is 1.89. The van der Waals surface area contributed by atoms with Crippen LogP contribution in [0.4, 0.5) is 9.93 Å². The van der Waals surface area contributed by atoms with E-state index in [1.807, 2.05) is 18.2 Å². The summed E-state index contributed by atoms with van der Waals surface area (Å²) >= 11 is 1.30. The largest absolute Gasteiger partial charge is 0.356 e. The monoisotopic (exact) mass is 429 g/mol. The van der Waals surface area contributed by atoms with Crippen molar-refractivity contribution in [3.8, 4) is 0 Å². The number of carbonyl (C=O) groups is 3.